The summed E-state index contributed by atoms with van der Waals surface area (Å²) in [7, 11) is 0. The van der Waals surface area contributed by atoms with E-state index in [9.17, 15) is 4.79 Å². The molecule has 0 aliphatic rings. The van der Waals surface area contributed by atoms with E-state index in [1.807, 2.05) is 6.26 Å². The van der Waals surface area contributed by atoms with Gasteiger partial charge >= 0.3 is 57.4 Å². The molecule has 0 aliphatic heterocycles. The summed E-state index contributed by atoms with van der Waals surface area (Å²) in [5.74, 6) is -0.290. The number of carbonyl (C=O) groups is 1. The second-order valence-electron chi connectivity index (χ2n) is 1.80. The van der Waals surface area contributed by atoms with Gasteiger partial charge < -0.3 is 10.3 Å². The third-order valence-corrected chi connectivity index (χ3v) is 1.71. The zero-order chi connectivity index (χ0) is 7.98. The fourth-order valence-corrected chi connectivity index (χ4v) is 0.950. The van der Waals surface area contributed by atoms with Gasteiger partial charge in [-0.3, -0.25) is 4.79 Å². The molecule has 0 aromatic heterocycles. The van der Waals surface area contributed by atoms with E-state index in [1.165, 1.54) is 0 Å². The van der Waals surface area contributed by atoms with Crippen LogP contribution in [0.15, 0.2) is 0 Å². The number of aliphatic carboxylic acids is 1. The fourth-order valence-electron chi connectivity index (χ4n) is 0.479. The van der Waals surface area contributed by atoms with Gasteiger partial charge in [0.1, 0.15) is 6.04 Å². The number of rotatable bonds is 5. The summed E-state index contributed by atoms with van der Waals surface area (Å²) in [6.07, 6.45) is 2.32. The van der Waals surface area contributed by atoms with Crippen LogP contribution in [0.1, 0.15) is 6.42 Å². The third kappa shape index (κ3) is 7.73. The molecule has 0 heterocycles. The number of hydrogen-bond donors (Lipinski definition) is 3. The van der Waals surface area contributed by atoms with Gasteiger partial charge in [-0.15, -0.1) is 0 Å². The Morgan fingerprint density at radius 3 is 2.55 bits per heavy atom. The first-order valence-corrected chi connectivity index (χ1v) is 4.23. The maximum absolute atomic E-state index is 10.2. The first kappa shape index (κ1) is 14.9. The van der Waals surface area contributed by atoms with Crippen molar-refractivity contribution in [1.29, 1.82) is 0 Å². The van der Waals surface area contributed by atoms with Crippen molar-refractivity contribution in [3.05, 3.63) is 0 Å². The Bertz CT molecular complexity index is 114. The number of nitrogens with one attached hydrogen (secondary N) is 1. The normalized spacial score (nSPS) is 11.8. The molecule has 6 heteroatoms. The second-order valence-corrected chi connectivity index (χ2v) is 2.79. The van der Waals surface area contributed by atoms with E-state index in [1.54, 1.807) is 17.2 Å². The molecule has 0 aliphatic carbocycles. The second kappa shape index (κ2) is 9.46. The quantitative estimate of drug-likeness (QED) is 0.418. The van der Waals surface area contributed by atoms with Crippen molar-refractivity contribution in [3.63, 3.8) is 0 Å². The number of hydrogen-bond acceptors (Lipinski definition) is 4. The molecule has 0 rings (SSSR count). The fraction of sp³-hybridized carbons (Fsp3) is 0.800. The predicted molar refractivity (Wildman–Crippen MR) is 46.5 cm³/mol. The number of thioether (sulfide) groups is 1. The van der Waals surface area contributed by atoms with Crippen molar-refractivity contribution >= 4 is 69.1 Å². The Hall–Kier alpha value is 1.38. The molecule has 0 saturated heterocycles. The van der Waals surface area contributed by atoms with Crippen LogP contribution < -0.4 is 5.48 Å². The molecule has 0 saturated carbocycles. The third-order valence-electron chi connectivity index (χ3n) is 1.06. The van der Waals surface area contributed by atoms with Crippen LogP contribution in [0.3, 0.4) is 0 Å². The van der Waals surface area contributed by atoms with Gasteiger partial charge in [-0.25, -0.2) is 0 Å². The van der Waals surface area contributed by atoms with Gasteiger partial charge in [0, 0.05) is 0 Å². The Kier molecular flexibility index (Phi) is 12.8. The van der Waals surface area contributed by atoms with Gasteiger partial charge in [0.05, 0.1) is 0 Å². The van der Waals surface area contributed by atoms with Crippen molar-refractivity contribution in [1.82, 2.24) is 5.48 Å². The average Bonchev–Trinajstić information content (AvgIpc) is 1.89. The van der Waals surface area contributed by atoms with Crippen molar-refractivity contribution in [3.8, 4) is 0 Å². The molecule has 0 aromatic rings. The van der Waals surface area contributed by atoms with E-state index < -0.39 is 12.0 Å². The van der Waals surface area contributed by atoms with Crippen LogP contribution in [0.5, 0.6) is 0 Å². The summed E-state index contributed by atoms with van der Waals surface area (Å²) in [5.41, 5.74) is 1.72. The van der Waals surface area contributed by atoms with E-state index in [4.69, 9.17) is 10.3 Å². The number of hydroxylamine groups is 1. The minimum atomic E-state index is -1.02. The summed E-state index contributed by atoms with van der Waals surface area (Å²) in [5, 5.41) is 16.7. The Morgan fingerprint density at radius 2 is 2.27 bits per heavy atom. The van der Waals surface area contributed by atoms with Gasteiger partial charge in [0.2, 0.25) is 0 Å². The summed E-state index contributed by atoms with van der Waals surface area (Å²) in [4.78, 5) is 10.2. The zero-order valence-electron chi connectivity index (χ0n) is 5.70. The number of carboxylic acid groups (broad SMARTS) is 1. The van der Waals surface area contributed by atoms with Gasteiger partial charge in [-0.2, -0.15) is 17.2 Å². The molecule has 0 bridgehead atoms. The topological polar surface area (TPSA) is 69.6 Å². The van der Waals surface area contributed by atoms with Crippen LogP contribution in [0, 0.1) is 0 Å². The Morgan fingerprint density at radius 1 is 1.73 bits per heavy atom. The molecule has 1 unspecified atom stereocenters. The van der Waals surface area contributed by atoms with E-state index in [0.29, 0.717) is 6.42 Å². The van der Waals surface area contributed by atoms with Gasteiger partial charge in [-0.05, 0) is 18.4 Å². The molecule has 0 radical (unpaired) electrons. The van der Waals surface area contributed by atoms with Crippen LogP contribution in [-0.4, -0.2) is 85.7 Å². The minimum absolute atomic E-state index is 0. The zero-order valence-corrected chi connectivity index (χ0v) is 6.52. The Labute approximate surface area is 112 Å². The molecular formula is C5H12KNO3S. The summed E-state index contributed by atoms with van der Waals surface area (Å²) >= 11 is 1.55. The molecule has 0 amide bonds. The van der Waals surface area contributed by atoms with Crippen molar-refractivity contribution in [2.24, 2.45) is 0 Å². The van der Waals surface area contributed by atoms with Gasteiger partial charge in [-0.1, -0.05) is 0 Å². The molecular weight excluding hydrogens is 193 g/mol. The standard InChI is InChI=1S/C5H11NO3S.K.H/c1-10-3-2-4(6-9)5(7)8;;/h4,6,9H,2-3H2,1H3,(H,7,8);;. The first-order valence-electron chi connectivity index (χ1n) is 2.83. The van der Waals surface area contributed by atoms with Gasteiger partial charge in [0.15, 0.2) is 0 Å². The van der Waals surface area contributed by atoms with E-state index in [-0.39, 0.29) is 51.4 Å². The van der Waals surface area contributed by atoms with Crippen LogP contribution in [0.2, 0.25) is 0 Å². The molecule has 3 N–H and O–H groups in total. The summed E-state index contributed by atoms with van der Waals surface area (Å²) < 4.78 is 0. The molecule has 11 heavy (non-hydrogen) atoms. The van der Waals surface area contributed by atoms with Crippen molar-refractivity contribution in [2.75, 3.05) is 12.0 Å². The van der Waals surface area contributed by atoms with E-state index in [2.05, 4.69) is 0 Å². The summed E-state index contributed by atoms with van der Waals surface area (Å²) in [6.45, 7) is 0. The van der Waals surface area contributed by atoms with Crippen molar-refractivity contribution < 1.29 is 15.1 Å². The number of carboxylic acids is 1. The SMILES string of the molecule is CSCCC(NO)C(=O)O.[KH]. The molecule has 0 spiro atoms. The average molecular weight is 205 g/mol. The van der Waals surface area contributed by atoms with E-state index in [0.717, 1.165) is 5.75 Å². The maximum atomic E-state index is 10.2. The molecule has 62 valence electrons. The monoisotopic (exact) mass is 205 g/mol. The van der Waals surface area contributed by atoms with Crippen LogP contribution in [0.25, 0.3) is 0 Å². The molecule has 0 fully saturated rings. The van der Waals surface area contributed by atoms with Crippen LogP contribution in [-0.2, 0) is 4.79 Å². The molecule has 0 aromatic carbocycles. The first-order chi connectivity index (χ1) is 4.72. The van der Waals surface area contributed by atoms with Crippen LogP contribution in [0.4, 0.5) is 0 Å². The Balaban J connectivity index is 0. The van der Waals surface area contributed by atoms with Crippen LogP contribution >= 0.6 is 11.8 Å². The predicted octanol–water partition coefficient (Wildman–Crippen LogP) is -0.477. The molecule has 1 atom stereocenters. The van der Waals surface area contributed by atoms with E-state index >= 15 is 0 Å². The van der Waals surface area contributed by atoms with Gasteiger partial charge in [0.25, 0.3) is 0 Å². The van der Waals surface area contributed by atoms with Crippen molar-refractivity contribution in [2.45, 2.75) is 12.5 Å². The molecule has 4 nitrogen and oxygen atoms in total. The summed E-state index contributed by atoms with van der Waals surface area (Å²) in [6, 6.07) is -0.826.